The van der Waals surface area contributed by atoms with E-state index in [-0.39, 0.29) is 5.75 Å². The maximum Gasteiger partial charge on any atom is 0.116 e. The number of hydrogen-bond acceptors (Lipinski definition) is 2. The SMILES string of the molecule is CNCC(F)Cc1ccc(O)cc1. The van der Waals surface area contributed by atoms with Crippen molar-refractivity contribution in [1.82, 2.24) is 5.32 Å². The van der Waals surface area contributed by atoms with Gasteiger partial charge in [0.1, 0.15) is 11.9 Å². The molecule has 0 bridgehead atoms. The van der Waals surface area contributed by atoms with E-state index in [1.165, 1.54) is 0 Å². The summed E-state index contributed by atoms with van der Waals surface area (Å²) in [6, 6.07) is 6.61. The zero-order valence-electron chi connectivity index (χ0n) is 7.63. The number of halogens is 1. The molecule has 0 heterocycles. The van der Waals surface area contributed by atoms with Crippen molar-refractivity contribution >= 4 is 0 Å². The summed E-state index contributed by atoms with van der Waals surface area (Å²) in [5.41, 5.74) is 0.903. The Labute approximate surface area is 77.4 Å². The van der Waals surface area contributed by atoms with Crippen LogP contribution in [-0.2, 0) is 6.42 Å². The molecule has 13 heavy (non-hydrogen) atoms. The number of phenols is 1. The van der Waals surface area contributed by atoms with Gasteiger partial charge < -0.3 is 10.4 Å². The second-order valence-corrected chi connectivity index (χ2v) is 3.03. The van der Waals surface area contributed by atoms with E-state index >= 15 is 0 Å². The number of alkyl halides is 1. The molecule has 0 radical (unpaired) electrons. The summed E-state index contributed by atoms with van der Waals surface area (Å²) < 4.78 is 13.1. The van der Waals surface area contributed by atoms with Crippen molar-refractivity contribution < 1.29 is 9.50 Å². The molecule has 0 fully saturated rings. The quantitative estimate of drug-likeness (QED) is 0.741. The van der Waals surface area contributed by atoms with Gasteiger partial charge in [-0.1, -0.05) is 12.1 Å². The maximum atomic E-state index is 13.1. The Morgan fingerprint density at radius 2 is 2.00 bits per heavy atom. The summed E-state index contributed by atoms with van der Waals surface area (Å²) in [6.45, 7) is 0.362. The molecule has 2 nitrogen and oxygen atoms in total. The molecule has 2 N–H and O–H groups in total. The van der Waals surface area contributed by atoms with Crippen LogP contribution in [0.5, 0.6) is 5.75 Å². The molecule has 1 aromatic rings. The molecule has 0 amide bonds. The maximum absolute atomic E-state index is 13.1. The Morgan fingerprint density at radius 3 is 2.54 bits per heavy atom. The van der Waals surface area contributed by atoms with Gasteiger partial charge in [0.25, 0.3) is 0 Å². The van der Waals surface area contributed by atoms with E-state index < -0.39 is 6.17 Å². The Balaban J connectivity index is 2.49. The minimum atomic E-state index is -0.866. The molecule has 72 valence electrons. The Bertz CT molecular complexity index is 248. The first kappa shape index (κ1) is 9.99. The molecule has 1 rings (SSSR count). The summed E-state index contributed by atoms with van der Waals surface area (Å²) in [6.07, 6.45) is -0.476. The molecule has 0 saturated heterocycles. The molecule has 1 atom stereocenters. The van der Waals surface area contributed by atoms with E-state index in [1.807, 2.05) is 0 Å². The van der Waals surface area contributed by atoms with Gasteiger partial charge in [0.05, 0.1) is 0 Å². The summed E-state index contributed by atoms with van der Waals surface area (Å²) >= 11 is 0. The molecule has 3 heteroatoms. The summed E-state index contributed by atoms with van der Waals surface area (Å²) in [5, 5.41) is 11.8. The monoisotopic (exact) mass is 183 g/mol. The van der Waals surface area contributed by atoms with Gasteiger partial charge in [-0.15, -0.1) is 0 Å². The predicted molar refractivity (Wildman–Crippen MR) is 50.6 cm³/mol. The molecule has 1 aromatic carbocycles. The number of phenolic OH excluding ortho intramolecular Hbond substituents is 1. The van der Waals surface area contributed by atoms with Crippen LogP contribution in [0.3, 0.4) is 0 Å². The summed E-state index contributed by atoms with van der Waals surface area (Å²) in [7, 11) is 1.73. The molecule has 0 aliphatic carbocycles. The predicted octanol–water partition coefficient (Wildman–Crippen LogP) is 1.49. The van der Waals surface area contributed by atoms with Crippen LogP contribution in [0.15, 0.2) is 24.3 Å². The second-order valence-electron chi connectivity index (χ2n) is 3.03. The zero-order chi connectivity index (χ0) is 9.68. The highest BCUT2D eigenvalue weighted by Crippen LogP contribution is 2.11. The van der Waals surface area contributed by atoms with Crippen molar-refractivity contribution in [2.75, 3.05) is 13.6 Å². The Kier molecular flexibility index (Phi) is 3.71. The zero-order valence-corrected chi connectivity index (χ0v) is 7.63. The lowest BCUT2D eigenvalue weighted by Gasteiger charge is -2.06. The van der Waals surface area contributed by atoms with Crippen LogP contribution in [0, 0.1) is 0 Å². The van der Waals surface area contributed by atoms with Crippen LogP contribution in [0.2, 0.25) is 0 Å². The lowest BCUT2D eigenvalue weighted by Crippen LogP contribution is -2.21. The average molecular weight is 183 g/mol. The van der Waals surface area contributed by atoms with Crippen LogP contribution in [-0.4, -0.2) is 24.9 Å². The second kappa shape index (κ2) is 4.82. The van der Waals surface area contributed by atoms with Crippen molar-refractivity contribution in [1.29, 1.82) is 0 Å². The first-order chi connectivity index (χ1) is 6.22. The standard InChI is InChI=1S/C10H14FNO/c1-12-7-9(11)6-8-2-4-10(13)5-3-8/h2-5,9,12-13H,6-7H2,1H3. The van der Waals surface area contributed by atoms with Gasteiger partial charge in [0.15, 0.2) is 0 Å². The normalized spacial score (nSPS) is 12.8. The number of benzene rings is 1. The number of aromatic hydroxyl groups is 1. The lowest BCUT2D eigenvalue weighted by atomic mass is 10.1. The first-order valence-electron chi connectivity index (χ1n) is 4.29. The van der Waals surface area contributed by atoms with E-state index in [2.05, 4.69) is 5.32 Å². The fourth-order valence-corrected chi connectivity index (χ4v) is 1.18. The molecule has 0 aliphatic heterocycles. The highest BCUT2D eigenvalue weighted by atomic mass is 19.1. The van der Waals surface area contributed by atoms with Crippen molar-refractivity contribution in [3.05, 3.63) is 29.8 Å². The third kappa shape index (κ3) is 3.42. The lowest BCUT2D eigenvalue weighted by molar-refractivity contribution is 0.324. The van der Waals surface area contributed by atoms with E-state index in [0.29, 0.717) is 13.0 Å². The van der Waals surface area contributed by atoms with E-state index in [9.17, 15) is 4.39 Å². The third-order valence-corrected chi connectivity index (χ3v) is 1.82. The van der Waals surface area contributed by atoms with Crippen molar-refractivity contribution in [3.8, 4) is 5.75 Å². The number of nitrogens with one attached hydrogen (secondary N) is 1. The average Bonchev–Trinajstić information content (AvgIpc) is 2.09. The van der Waals surface area contributed by atoms with Crippen LogP contribution < -0.4 is 5.32 Å². The first-order valence-corrected chi connectivity index (χ1v) is 4.29. The largest absolute Gasteiger partial charge is 0.508 e. The van der Waals surface area contributed by atoms with Gasteiger partial charge in [-0.2, -0.15) is 0 Å². The molecular weight excluding hydrogens is 169 g/mol. The molecule has 1 unspecified atom stereocenters. The van der Waals surface area contributed by atoms with Crippen LogP contribution >= 0.6 is 0 Å². The highest BCUT2D eigenvalue weighted by molar-refractivity contribution is 5.26. The van der Waals surface area contributed by atoms with E-state index in [0.717, 1.165) is 5.56 Å². The Hall–Kier alpha value is -1.09. The smallest absolute Gasteiger partial charge is 0.116 e. The van der Waals surface area contributed by atoms with Crippen molar-refractivity contribution in [2.24, 2.45) is 0 Å². The molecule has 0 aromatic heterocycles. The third-order valence-electron chi connectivity index (χ3n) is 1.82. The Morgan fingerprint density at radius 1 is 1.38 bits per heavy atom. The number of rotatable bonds is 4. The van der Waals surface area contributed by atoms with E-state index in [1.54, 1.807) is 31.3 Å². The fourth-order valence-electron chi connectivity index (χ4n) is 1.18. The van der Waals surface area contributed by atoms with Gasteiger partial charge in [-0.25, -0.2) is 4.39 Å². The van der Waals surface area contributed by atoms with E-state index in [4.69, 9.17) is 5.11 Å². The summed E-state index contributed by atoms with van der Waals surface area (Å²) in [4.78, 5) is 0. The van der Waals surface area contributed by atoms with Gasteiger partial charge >= 0.3 is 0 Å². The van der Waals surface area contributed by atoms with Gasteiger partial charge in [-0.3, -0.25) is 0 Å². The van der Waals surface area contributed by atoms with Gasteiger partial charge in [-0.05, 0) is 24.7 Å². The molecule has 0 spiro atoms. The fraction of sp³-hybridized carbons (Fsp3) is 0.400. The van der Waals surface area contributed by atoms with Crippen molar-refractivity contribution in [2.45, 2.75) is 12.6 Å². The highest BCUT2D eigenvalue weighted by Gasteiger charge is 2.05. The topological polar surface area (TPSA) is 32.3 Å². The van der Waals surface area contributed by atoms with Crippen LogP contribution in [0.1, 0.15) is 5.56 Å². The van der Waals surface area contributed by atoms with Crippen molar-refractivity contribution in [3.63, 3.8) is 0 Å². The molecule has 0 aliphatic rings. The number of hydrogen-bond donors (Lipinski definition) is 2. The van der Waals surface area contributed by atoms with Crippen LogP contribution in [0.4, 0.5) is 4.39 Å². The minimum Gasteiger partial charge on any atom is -0.508 e. The van der Waals surface area contributed by atoms with Crippen LogP contribution in [0.25, 0.3) is 0 Å². The van der Waals surface area contributed by atoms with Gasteiger partial charge in [0, 0.05) is 13.0 Å². The van der Waals surface area contributed by atoms with Gasteiger partial charge in [0.2, 0.25) is 0 Å². The summed E-state index contributed by atoms with van der Waals surface area (Å²) in [5.74, 6) is 0.216. The molecular formula is C10H14FNO. The minimum absolute atomic E-state index is 0.216. The molecule has 0 saturated carbocycles.